The van der Waals surface area contributed by atoms with E-state index >= 15 is 0 Å². The zero-order valence-corrected chi connectivity index (χ0v) is 11.6. The molecule has 0 aliphatic carbocycles. The second-order valence-electron chi connectivity index (χ2n) is 4.46. The van der Waals surface area contributed by atoms with E-state index < -0.39 is 0 Å². The third kappa shape index (κ3) is 3.84. The molecule has 0 aliphatic rings. The van der Waals surface area contributed by atoms with E-state index in [-0.39, 0.29) is 12.0 Å². The quantitative estimate of drug-likeness (QED) is 0.754. The molecule has 0 radical (unpaired) electrons. The van der Waals surface area contributed by atoms with Crippen molar-refractivity contribution >= 4 is 5.97 Å². The summed E-state index contributed by atoms with van der Waals surface area (Å²) in [6, 6.07) is 0.106. The second kappa shape index (κ2) is 7.16. The Morgan fingerprint density at radius 2 is 2.22 bits per heavy atom. The topological polar surface area (TPSA) is 56.2 Å². The van der Waals surface area contributed by atoms with Gasteiger partial charge in [0.1, 0.15) is 11.9 Å². The van der Waals surface area contributed by atoms with Gasteiger partial charge in [0.15, 0.2) is 0 Å². The van der Waals surface area contributed by atoms with E-state index in [9.17, 15) is 4.79 Å². The normalized spacial score (nSPS) is 12.7. The molecule has 0 amide bonds. The van der Waals surface area contributed by atoms with Crippen LogP contribution in [0.4, 0.5) is 0 Å². The van der Waals surface area contributed by atoms with Crippen LogP contribution in [0.5, 0.6) is 0 Å². The Bertz CT molecular complexity index is 374. The van der Waals surface area contributed by atoms with Gasteiger partial charge in [-0.25, -0.2) is 9.78 Å². The van der Waals surface area contributed by atoms with E-state index in [0.717, 1.165) is 5.82 Å². The smallest absolute Gasteiger partial charge is 0.329 e. The zero-order valence-electron chi connectivity index (χ0n) is 11.6. The molecule has 5 heteroatoms. The summed E-state index contributed by atoms with van der Waals surface area (Å²) in [5, 5.41) is 3.30. The molecule has 1 rings (SSSR count). The van der Waals surface area contributed by atoms with Crippen LogP contribution < -0.4 is 5.32 Å². The summed E-state index contributed by atoms with van der Waals surface area (Å²) < 4.78 is 6.99. The molecule has 1 N–H and O–H groups in total. The summed E-state index contributed by atoms with van der Waals surface area (Å²) in [6.45, 7) is 9.01. The fourth-order valence-electron chi connectivity index (χ4n) is 1.78. The molecule has 0 saturated carbocycles. The van der Waals surface area contributed by atoms with Gasteiger partial charge in [-0.1, -0.05) is 20.8 Å². The van der Waals surface area contributed by atoms with E-state index in [1.54, 1.807) is 6.20 Å². The van der Waals surface area contributed by atoms with Gasteiger partial charge in [-0.15, -0.1) is 0 Å². The van der Waals surface area contributed by atoms with Crippen molar-refractivity contribution in [1.29, 1.82) is 0 Å². The number of nitrogens with one attached hydrogen (secondary N) is 1. The number of nitrogens with zero attached hydrogens (tertiary/aromatic N) is 2. The lowest BCUT2D eigenvalue weighted by Gasteiger charge is -2.18. The molecular formula is C13H23N3O2. The van der Waals surface area contributed by atoms with Crippen LogP contribution in [0, 0.1) is 0 Å². The highest BCUT2D eigenvalue weighted by atomic mass is 16.5. The predicted octanol–water partition coefficient (Wildman–Crippen LogP) is 1.90. The van der Waals surface area contributed by atoms with E-state index in [0.29, 0.717) is 25.6 Å². The first-order chi connectivity index (χ1) is 8.60. The monoisotopic (exact) mass is 253 g/mol. The number of hydrogen-bond acceptors (Lipinski definition) is 4. The molecule has 0 fully saturated rings. The Morgan fingerprint density at radius 3 is 2.78 bits per heavy atom. The van der Waals surface area contributed by atoms with E-state index in [4.69, 9.17) is 4.74 Å². The maximum atomic E-state index is 11.9. The highest BCUT2D eigenvalue weighted by Gasteiger charge is 2.21. The number of ether oxygens (including phenoxy) is 1. The fourth-order valence-corrected chi connectivity index (χ4v) is 1.78. The van der Waals surface area contributed by atoms with E-state index in [1.807, 2.05) is 24.6 Å². The Hall–Kier alpha value is -1.36. The molecule has 0 spiro atoms. The average molecular weight is 253 g/mol. The van der Waals surface area contributed by atoms with Crippen molar-refractivity contribution in [2.75, 3.05) is 6.61 Å². The molecule has 1 unspecified atom stereocenters. The molecule has 0 aliphatic heterocycles. The van der Waals surface area contributed by atoms with Gasteiger partial charge in [-0.05, 0) is 13.3 Å². The highest BCUT2D eigenvalue weighted by molar-refractivity contribution is 5.74. The maximum absolute atomic E-state index is 11.9. The average Bonchev–Trinajstić information content (AvgIpc) is 2.76. The van der Waals surface area contributed by atoms with Crippen molar-refractivity contribution in [1.82, 2.24) is 14.9 Å². The minimum atomic E-state index is -0.281. The van der Waals surface area contributed by atoms with Gasteiger partial charge < -0.3 is 14.6 Å². The second-order valence-corrected chi connectivity index (χ2v) is 4.46. The van der Waals surface area contributed by atoms with Gasteiger partial charge in [-0.3, -0.25) is 0 Å². The number of rotatable bonds is 7. The van der Waals surface area contributed by atoms with Crippen molar-refractivity contribution in [3.05, 3.63) is 18.2 Å². The number of imidazole rings is 1. The summed E-state index contributed by atoms with van der Waals surface area (Å²) in [5.41, 5.74) is 0. The van der Waals surface area contributed by atoms with Gasteiger partial charge in [0.2, 0.25) is 0 Å². The van der Waals surface area contributed by atoms with Crippen molar-refractivity contribution < 1.29 is 9.53 Å². The predicted molar refractivity (Wildman–Crippen MR) is 70.2 cm³/mol. The van der Waals surface area contributed by atoms with Crippen molar-refractivity contribution in [3.8, 4) is 0 Å². The van der Waals surface area contributed by atoms with Crippen molar-refractivity contribution in [3.63, 3.8) is 0 Å². The number of carbonyl (C=O) groups is 1. The van der Waals surface area contributed by atoms with Gasteiger partial charge in [0.25, 0.3) is 0 Å². The fraction of sp³-hybridized carbons (Fsp3) is 0.692. The lowest BCUT2D eigenvalue weighted by Crippen LogP contribution is -2.27. The molecule has 102 valence electrons. The minimum Gasteiger partial charge on any atom is -0.464 e. The molecular weight excluding hydrogens is 230 g/mol. The first kappa shape index (κ1) is 14.7. The lowest BCUT2D eigenvalue weighted by molar-refractivity contribution is -0.147. The van der Waals surface area contributed by atoms with Gasteiger partial charge in [-0.2, -0.15) is 0 Å². The number of aromatic nitrogens is 2. The zero-order chi connectivity index (χ0) is 13.5. The number of hydrogen-bond donors (Lipinski definition) is 1. The first-order valence-corrected chi connectivity index (χ1v) is 6.51. The van der Waals surface area contributed by atoms with Crippen molar-refractivity contribution in [2.24, 2.45) is 0 Å². The van der Waals surface area contributed by atoms with Gasteiger partial charge in [0, 0.05) is 18.4 Å². The molecule has 1 heterocycles. The van der Waals surface area contributed by atoms with E-state index in [1.165, 1.54) is 0 Å². The SMILES string of the molecule is CCOC(=O)C(CC)n1ccnc1CNC(C)C. The highest BCUT2D eigenvalue weighted by Crippen LogP contribution is 2.15. The van der Waals surface area contributed by atoms with Crippen LogP contribution in [-0.2, 0) is 16.1 Å². The van der Waals surface area contributed by atoms with Crippen LogP contribution in [0.1, 0.15) is 46.0 Å². The Labute approximate surface area is 109 Å². The Kier molecular flexibility index (Phi) is 5.85. The summed E-state index contributed by atoms with van der Waals surface area (Å²) in [4.78, 5) is 16.2. The van der Waals surface area contributed by atoms with Crippen LogP contribution in [-0.4, -0.2) is 28.2 Å². The molecule has 18 heavy (non-hydrogen) atoms. The molecule has 0 saturated heterocycles. The third-order valence-electron chi connectivity index (χ3n) is 2.70. The third-order valence-corrected chi connectivity index (χ3v) is 2.70. The van der Waals surface area contributed by atoms with Crippen LogP contribution >= 0.6 is 0 Å². The minimum absolute atomic E-state index is 0.191. The number of carbonyl (C=O) groups excluding carboxylic acids is 1. The first-order valence-electron chi connectivity index (χ1n) is 6.51. The number of esters is 1. The van der Waals surface area contributed by atoms with Crippen LogP contribution in [0.3, 0.4) is 0 Å². The van der Waals surface area contributed by atoms with Gasteiger partial charge >= 0.3 is 5.97 Å². The molecule has 5 nitrogen and oxygen atoms in total. The summed E-state index contributed by atoms with van der Waals surface area (Å²) in [5.74, 6) is 0.674. The Morgan fingerprint density at radius 1 is 1.50 bits per heavy atom. The Balaban J connectivity index is 2.79. The van der Waals surface area contributed by atoms with Crippen molar-refractivity contribution in [2.45, 2.75) is 52.7 Å². The molecule has 1 atom stereocenters. The molecule has 0 bridgehead atoms. The van der Waals surface area contributed by atoms with Gasteiger partial charge in [0.05, 0.1) is 13.2 Å². The lowest BCUT2D eigenvalue weighted by atomic mass is 10.2. The standard InChI is InChI=1S/C13H23N3O2/c1-5-11(13(17)18-6-2)16-8-7-14-12(16)9-15-10(3)4/h7-8,10-11,15H,5-6,9H2,1-4H3. The summed E-state index contributed by atoms with van der Waals surface area (Å²) >= 11 is 0. The van der Waals surface area contributed by atoms with Crippen LogP contribution in [0.2, 0.25) is 0 Å². The largest absolute Gasteiger partial charge is 0.464 e. The summed E-state index contributed by atoms with van der Waals surface area (Å²) in [7, 11) is 0. The molecule has 0 aromatic carbocycles. The molecule has 1 aromatic heterocycles. The molecule has 1 aromatic rings. The maximum Gasteiger partial charge on any atom is 0.329 e. The summed E-state index contributed by atoms with van der Waals surface area (Å²) in [6.07, 6.45) is 4.26. The van der Waals surface area contributed by atoms with Crippen LogP contribution in [0.25, 0.3) is 0 Å². The van der Waals surface area contributed by atoms with Crippen LogP contribution in [0.15, 0.2) is 12.4 Å². The van der Waals surface area contributed by atoms with E-state index in [2.05, 4.69) is 24.1 Å².